The van der Waals surface area contributed by atoms with Crippen molar-refractivity contribution in [2.45, 2.75) is 71.3 Å². The second kappa shape index (κ2) is 8.01. The molecule has 172 valence electrons. The second-order valence-electron chi connectivity index (χ2n) is 10.3. The lowest BCUT2D eigenvalue weighted by atomic mass is 9.68. The van der Waals surface area contributed by atoms with E-state index in [0.717, 1.165) is 31.4 Å². The Morgan fingerprint density at radius 3 is 2.61 bits per heavy atom. The summed E-state index contributed by atoms with van der Waals surface area (Å²) in [5.41, 5.74) is 2.56. The number of hydrogen-bond acceptors (Lipinski definition) is 6. The molecule has 33 heavy (non-hydrogen) atoms. The van der Waals surface area contributed by atoms with Crippen LogP contribution in [0.5, 0.6) is 0 Å². The van der Waals surface area contributed by atoms with Crippen molar-refractivity contribution in [3.8, 4) is 0 Å². The van der Waals surface area contributed by atoms with Crippen LogP contribution in [0.1, 0.15) is 70.8 Å². The van der Waals surface area contributed by atoms with E-state index in [-0.39, 0.29) is 22.7 Å². The molecule has 2 aliphatic carbocycles. The first kappa shape index (κ1) is 21.7. The van der Waals surface area contributed by atoms with Gasteiger partial charge < -0.3 is 14.5 Å². The van der Waals surface area contributed by atoms with Gasteiger partial charge in [-0.2, -0.15) is 0 Å². The Hall–Kier alpha value is -3.15. The zero-order valence-electron chi connectivity index (χ0n) is 19.3. The van der Waals surface area contributed by atoms with Gasteiger partial charge in [-0.1, -0.05) is 26.0 Å². The molecule has 0 amide bonds. The lowest BCUT2D eigenvalue weighted by molar-refractivity contribution is -0.144. The standard InChI is InChI=1S/C27H29NO5/c1-15-22(26(31)33-16-8-4-5-9-16)23(24-19(28-15)12-27(2,3)13-20(24)29)18-14-32-21-11-7-6-10-17(21)25(18)30/h6-7,10-11,14,16,23,28H,4-5,8-9,12-13H2,1-3H3/t23-/m1/s1. The minimum absolute atomic E-state index is 0.0509. The van der Waals surface area contributed by atoms with Gasteiger partial charge in [0.25, 0.3) is 0 Å². The highest BCUT2D eigenvalue weighted by molar-refractivity contribution is 6.04. The number of benzene rings is 1. The number of ether oxygens (including phenoxy) is 1. The Balaban J connectivity index is 1.68. The molecular weight excluding hydrogens is 418 g/mol. The topological polar surface area (TPSA) is 85.6 Å². The molecule has 0 saturated heterocycles. The molecule has 1 fully saturated rings. The molecule has 2 aromatic rings. The van der Waals surface area contributed by atoms with Gasteiger partial charge in [-0.25, -0.2) is 4.79 Å². The van der Waals surface area contributed by atoms with E-state index in [0.29, 0.717) is 46.2 Å². The highest BCUT2D eigenvalue weighted by Crippen LogP contribution is 2.46. The van der Waals surface area contributed by atoms with Crippen LogP contribution in [0.15, 0.2) is 62.3 Å². The molecular formula is C27H29NO5. The van der Waals surface area contributed by atoms with Crippen LogP contribution in [0.2, 0.25) is 0 Å². The van der Waals surface area contributed by atoms with Gasteiger partial charge in [-0.05, 0) is 56.6 Å². The molecule has 1 atom stereocenters. The molecule has 1 N–H and O–H groups in total. The van der Waals surface area contributed by atoms with Crippen molar-refractivity contribution in [3.63, 3.8) is 0 Å². The number of esters is 1. The minimum Gasteiger partial charge on any atom is -0.464 e. The molecule has 5 rings (SSSR count). The molecule has 6 nitrogen and oxygen atoms in total. The molecule has 6 heteroatoms. The summed E-state index contributed by atoms with van der Waals surface area (Å²) in [6, 6.07) is 7.02. The molecule has 1 aromatic carbocycles. The van der Waals surface area contributed by atoms with Crippen LogP contribution in [-0.2, 0) is 14.3 Å². The Kier molecular flexibility index (Phi) is 5.26. The van der Waals surface area contributed by atoms with E-state index >= 15 is 0 Å². The number of para-hydroxylation sites is 1. The van der Waals surface area contributed by atoms with Gasteiger partial charge in [-0.3, -0.25) is 9.59 Å². The van der Waals surface area contributed by atoms with Gasteiger partial charge in [0.15, 0.2) is 11.2 Å². The number of fused-ring (bicyclic) bond motifs is 1. The third-order valence-corrected chi connectivity index (χ3v) is 7.05. The van der Waals surface area contributed by atoms with Crippen molar-refractivity contribution >= 4 is 22.7 Å². The number of nitrogens with one attached hydrogen (secondary N) is 1. The number of hydrogen-bond donors (Lipinski definition) is 1. The molecule has 2 heterocycles. The Morgan fingerprint density at radius 1 is 1.12 bits per heavy atom. The summed E-state index contributed by atoms with van der Waals surface area (Å²) < 4.78 is 11.7. The summed E-state index contributed by atoms with van der Waals surface area (Å²) in [5.74, 6) is -1.32. The van der Waals surface area contributed by atoms with Crippen molar-refractivity contribution < 1.29 is 18.7 Å². The summed E-state index contributed by atoms with van der Waals surface area (Å²) >= 11 is 0. The highest BCUT2D eigenvalue weighted by Gasteiger charge is 2.44. The molecule has 0 radical (unpaired) electrons. The quantitative estimate of drug-likeness (QED) is 0.675. The number of ketones is 1. The second-order valence-corrected chi connectivity index (χ2v) is 10.3. The minimum atomic E-state index is -0.806. The number of Topliss-reactive ketones (excluding diaryl/α,β-unsaturated/α-hetero) is 1. The maximum atomic E-state index is 13.6. The fourth-order valence-electron chi connectivity index (χ4n) is 5.53. The highest BCUT2D eigenvalue weighted by atomic mass is 16.5. The monoisotopic (exact) mass is 447 g/mol. The van der Waals surface area contributed by atoms with E-state index in [1.165, 1.54) is 6.26 Å². The first-order valence-electron chi connectivity index (χ1n) is 11.7. The van der Waals surface area contributed by atoms with Crippen molar-refractivity contribution in [3.05, 3.63) is 68.9 Å². The summed E-state index contributed by atoms with van der Waals surface area (Å²) in [6.07, 6.45) is 6.06. The number of dihydropyridines is 1. The van der Waals surface area contributed by atoms with Crippen LogP contribution in [0, 0.1) is 5.41 Å². The summed E-state index contributed by atoms with van der Waals surface area (Å²) in [4.78, 5) is 40.4. The number of carbonyl (C=O) groups is 2. The van der Waals surface area contributed by atoms with E-state index < -0.39 is 11.9 Å². The maximum Gasteiger partial charge on any atom is 0.337 e. The third kappa shape index (κ3) is 3.81. The summed E-state index contributed by atoms with van der Waals surface area (Å²) in [6.45, 7) is 5.92. The van der Waals surface area contributed by atoms with Crippen LogP contribution >= 0.6 is 0 Å². The largest absolute Gasteiger partial charge is 0.464 e. The first-order valence-corrected chi connectivity index (χ1v) is 11.7. The average molecular weight is 448 g/mol. The van der Waals surface area contributed by atoms with Gasteiger partial charge in [0.2, 0.25) is 0 Å². The van der Waals surface area contributed by atoms with E-state index in [1.807, 2.05) is 6.92 Å². The zero-order chi connectivity index (χ0) is 23.3. The van der Waals surface area contributed by atoms with Gasteiger partial charge >= 0.3 is 5.97 Å². The average Bonchev–Trinajstić information content (AvgIpc) is 3.25. The van der Waals surface area contributed by atoms with Crippen LogP contribution in [0.25, 0.3) is 11.0 Å². The van der Waals surface area contributed by atoms with Crippen molar-refractivity contribution in [1.82, 2.24) is 5.32 Å². The molecule has 0 unspecified atom stereocenters. The van der Waals surface area contributed by atoms with Crippen LogP contribution in [-0.4, -0.2) is 17.9 Å². The predicted molar refractivity (Wildman–Crippen MR) is 124 cm³/mol. The smallest absolute Gasteiger partial charge is 0.337 e. The van der Waals surface area contributed by atoms with Gasteiger partial charge in [0.05, 0.1) is 23.1 Å². The van der Waals surface area contributed by atoms with Crippen LogP contribution < -0.4 is 10.7 Å². The van der Waals surface area contributed by atoms with E-state index in [2.05, 4.69) is 19.2 Å². The maximum absolute atomic E-state index is 13.6. The summed E-state index contributed by atoms with van der Waals surface area (Å²) in [7, 11) is 0. The lowest BCUT2D eigenvalue weighted by Crippen LogP contribution is -2.40. The first-order chi connectivity index (χ1) is 15.7. The van der Waals surface area contributed by atoms with E-state index in [4.69, 9.17) is 9.15 Å². The Labute approximate surface area is 192 Å². The lowest BCUT2D eigenvalue weighted by Gasteiger charge is -2.39. The number of allylic oxidation sites excluding steroid dienone is 3. The van der Waals surface area contributed by atoms with Crippen LogP contribution in [0.4, 0.5) is 0 Å². The normalized spacial score (nSPS) is 23.0. The fourth-order valence-corrected chi connectivity index (χ4v) is 5.53. The molecule has 0 spiro atoms. The van der Waals surface area contributed by atoms with Crippen molar-refractivity contribution in [1.29, 1.82) is 0 Å². The predicted octanol–water partition coefficient (Wildman–Crippen LogP) is 4.88. The van der Waals surface area contributed by atoms with Gasteiger partial charge in [-0.15, -0.1) is 0 Å². The van der Waals surface area contributed by atoms with Crippen LogP contribution in [0.3, 0.4) is 0 Å². The van der Waals surface area contributed by atoms with Crippen molar-refractivity contribution in [2.75, 3.05) is 0 Å². The molecule has 1 aliphatic heterocycles. The number of rotatable bonds is 3. The van der Waals surface area contributed by atoms with Gasteiger partial charge in [0, 0.05) is 29.0 Å². The number of carbonyl (C=O) groups excluding carboxylic acids is 2. The van der Waals surface area contributed by atoms with E-state index in [9.17, 15) is 14.4 Å². The van der Waals surface area contributed by atoms with Crippen molar-refractivity contribution in [2.24, 2.45) is 5.41 Å². The fraction of sp³-hybridized carbons (Fsp3) is 0.444. The molecule has 1 saturated carbocycles. The zero-order valence-corrected chi connectivity index (χ0v) is 19.3. The van der Waals surface area contributed by atoms with E-state index in [1.54, 1.807) is 24.3 Å². The third-order valence-electron chi connectivity index (χ3n) is 7.05. The molecule has 1 aromatic heterocycles. The summed E-state index contributed by atoms with van der Waals surface area (Å²) in [5, 5.41) is 3.75. The molecule has 0 bridgehead atoms. The SMILES string of the molecule is CC1=C(C(=O)OC2CCCC2)[C@@H](c2coc3ccccc3c2=O)C2=C(CC(C)(C)CC2=O)N1. The molecule has 3 aliphatic rings. The Bertz CT molecular complexity index is 1270. The van der Waals surface area contributed by atoms with Gasteiger partial charge in [0.1, 0.15) is 11.7 Å². The Morgan fingerprint density at radius 2 is 1.85 bits per heavy atom.